The van der Waals surface area contributed by atoms with Gasteiger partial charge in [0.15, 0.2) is 5.82 Å². The third-order valence-corrected chi connectivity index (χ3v) is 8.89. The van der Waals surface area contributed by atoms with Crippen LogP contribution in [-0.4, -0.2) is 98.4 Å². The van der Waals surface area contributed by atoms with Crippen LogP contribution in [0.15, 0.2) is 78.9 Å². The van der Waals surface area contributed by atoms with Gasteiger partial charge in [-0.05, 0) is 46.7 Å². The molecule has 0 saturated carbocycles. The van der Waals surface area contributed by atoms with Crippen LogP contribution in [0.3, 0.4) is 0 Å². The lowest BCUT2D eigenvalue weighted by Gasteiger charge is -2.53. The fourth-order valence-corrected chi connectivity index (χ4v) is 6.93. The van der Waals surface area contributed by atoms with Gasteiger partial charge in [0.1, 0.15) is 12.2 Å². The molecule has 1 unspecified atom stereocenters. The molecule has 0 bridgehead atoms. The van der Waals surface area contributed by atoms with Crippen molar-refractivity contribution < 1.29 is 22.7 Å². The van der Waals surface area contributed by atoms with Crippen LogP contribution in [0, 0.1) is 0 Å². The molecule has 0 radical (unpaired) electrons. The second kappa shape index (κ2) is 13.6. The molecule has 4 aromatic rings. The number of piperazine rings is 2. The first-order valence-corrected chi connectivity index (χ1v) is 15.6. The number of ether oxygens (including phenoxy) is 1. The standard InChI is InChI=1S/C34H38F3N7O2/c1-3-46-31-15-14-28(44-32(38-39-40-44)19-34(35,36)37)18-27(31)20-41-21-29-22-42(24(2)45)16-17-43(29)30(23-41)33(25-10-6-4-7-11-25)26-12-8-5-9-13-26/h4-15,18,29-30,33H,3,16-17,19-23H2,1-2H3/t29-,30?/m1/s1. The zero-order valence-corrected chi connectivity index (χ0v) is 26.0. The van der Waals surface area contributed by atoms with Gasteiger partial charge in [-0.25, -0.2) is 0 Å². The molecule has 242 valence electrons. The predicted octanol–water partition coefficient (Wildman–Crippen LogP) is 4.71. The van der Waals surface area contributed by atoms with Gasteiger partial charge in [0, 0.05) is 69.8 Å². The van der Waals surface area contributed by atoms with Crippen LogP contribution in [-0.2, 0) is 17.8 Å². The van der Waals surface area contributed by atoms with Crippen LogP contribution < -0.4 is 4.74 Å². The molecule has 2 aliphatic heterocycles. The summed E-state index contributed by atoms with van der Waals surface area (Å²) in [6.45, 7) is 8.00. The minimum Gasteiger partial charge on any atom is -0.494 e. The summed E-state index contributed by atoms with van der Waals surface area (Å²) >= 11 is 0. The van der Waals surface area contributed by atoms with E-state index >= 15 is 0 Å². The highest BCUT2D eigenvalue weighted by atomic mass is 19.4. The van der Waals surface area contributed by atoms with E-state index in [-0.39, 0.29) is 29.7 Å². The van der Waals surface area contributed by atoms with E-state index in [0.29, 0.717) is 37.7 Å². The Morgan fingerprint density at radius 3 is 2.28 bits per heavy atom. The summed E-state index contributed by atoms with van der Waals surface area (Å²) in [5.41, 5.74) is 3.71. The van der Waals surface area contributed by atoms with Crippen LogP contribution in [0.5, 0.6) is 5.75 Å². The van der Waals surface area contributed by atoms with E-state index in [1.54, 1.807) is 19.1 Å². The summed E-state index contributed by atoms with van der Waals surface area (Å²) in [6.07, 6.45) is -5.68. The minimum absolute atomic E-state index is 0.0680. The molecule has 12 heteroatoms. The molecule has 3 heterocycles. The van der Waals surface area contributed by atoms with E-state index in [1.165, 1.54) is 11.1 Å². The topological polar surface area (TPSA) is 79.6 Å². The Balaban J connectivity index is 1.37. The molecule has 1 aromatic heterocycles. The van der Waals surface area contributed by atoms with E-state index < -0.39 is 12.6 Å². The summed E-state index contributed by atoms with van der Waals surface area (Å²) in [5, 5.41) is 11.0. The number of nitrogens with zero attached hydrogens (tertiary/aromatic N) is 7. The Morgan fingerprint density at radius 1 is 0.957 bits per heavy atom. The number of halogens is 3. The molecule has 6 rings (SSSR count). The van der Waals surface area contributed by atoms with Crippen LogP contribution in [0.4, 0.5) is 13.2 Å². The van der Waals surface area contributed by atoms with E-state index in [1.807, 2.05) is 30.0 Å². The maximum absolute atomic E-state index is 13.3. The van der Waals surface area contributed by atoms with Crippen molar-refractivity contribution in [3.8, 4) is 11.4 Å². The molecule has 0 aliphatic carbocycles. The summed E-state index contributed by atoms with van der Waals surface area (Å²) in [7, 11) is 0. The molecule has 2 atom stereocenters. The van der Waals surface area contributed by atoms with Gasteiger partial charge in [-0.1, -0.05) is 60.7 Å². The van der Waals surface area contributed by atoms with E-state index in [4.69, 9.17) is 4.74 Å². The van der Waals surface area contributed by atoms with Gasteiger partial charge >= 0.3 is 6.18 Å². The maximum atomic E-state index is 13.3. The molecule has 2 fully saturated rings. The van der Waals surface area contributed by atoms with Crippen LogP contribution in [0.2, 0.25) is 0 Å². The van der Waals surface area contributed by atoms with Gasteiger partial charge in [0.05, 0.1) is 12.3 Å². The number of hydrogen-bond acceptors (Lipinski definition) is 7. The molecule has 0 spiro atoms. The number of amides is 1. The number of benzene rings is 3. The molecule has 1 amide bonds. The van der Waals surface area contributed by atoms with Crippen molar-refractivity contribution in [3.63, 3.8) is 0 Å². The van der Waals surface area contributed by atoms with Gasteiger partial charge in [0.2, 0.25) is 5.91 Å². The van der Waals surface area contributed by atoms with Gasteiger partial charge in [-0.2, -0.15) is 17.9 Å². The Labute approximate surface area is 266 Å². The molecular weight excluding hydrogens is 595 g/mol. The van der Waals surface area contributed by atoms with Crippen LogP contribution >= 0.6 is 0 Å². The fourth-order valence-electron chi connectivity index (χ4n) is 6.93. The Morgan fingerprint density at radius 2 is 1.65 bits per heavy atom. The minimum atomic E-state index is -4.45. The third kappa shape index (κ3) is 7.07. The van der Waals surface area contributed by atoms with E-state index in [9.17, 15) is 18.0 Å². The molecule has 46 heavy (non-hydrogen) atoms. The smallest absolute Gasteiger partial charge is 0.396 e. The SMILES string of the molecule is CCOc1ccc(-n2nnnc2CC(F)(F)F)cc1CN1CC(C(c2ccccc2)c2ccccc2)N2CCN(C(C)=O)C[C@H]2C1. The van der Waals surface area contributed by atoms with Crippen LogP contribution in [0.1, 0.15) is 42.3 Å². The van der Waals surface area contributed by atoms with Crippen LogP contribution in [0.25, 0.3) is 5.69 Å². The molecule has 3 aromatic carbocycles. The van der Waals surface area contributed by atoms with Crippen molar-refractivity contribution in [1.82, 2.24) is 34.9 Å². The zero-order chi connectivity index (χ0) is 32.3. The number of fused-ring (bicyclic) bond motifs is 1. The molecule has 2 aliphatic rings. The average molecular weight is 634 g/mol. The molecule has 0 N–H and O–H groups in total. The lowest BCUT2D eigenvalue weighted by molar-refractivity contribution is -0.134. The zero-order valence-electron chi connectivity index (χ0n) is 26.0. The quantitative estimate of drug-likeness (QED) is 0.264. The number of carbonyl (C=O) groups excluding carboxylic acids is 1. The summed E-state index contributed by atoms with van der Waals surface area (Å²) < 4.78 is 46.9. The lowest BCUT2D eigenvalue weighted by atomic mass is 9.81. The van der Waals surface area contributed by atoms with E-state index in [0.717, 1.165) is 29.9 Å². The predicted molar refractivity (Wildman–Crippen MR) is 167 cm³/mol. The van der Waals surface area contributed by atoms with Crippen molar-refractivity contribution in [3.05, 3.63) is 101 Å². The number of alkyl halides is 3. The third-order valence-electron chi connectivity index (χ3n) is 8.89. The molecular formula is C34H38F3N7O2. The van der Waals surface area contributed by atoms with E-state index in [2.05, 4.69) is 73.9 Å². The second-order valence-corrected chi connectivity index (χ2v) is 11.9. The largest absolute Gasteiger partial charge is 0.494 e. The monoisotopic (exact) mass is 633 g/mol. The van der Waals surface area contributed by atoms with Crippen molar-refractivity contribution in [1.29, 1.82) is 0 Å². The summed E-state index contributed by atoms with van der Waals surface area (Å²) in [5.74, 6) is 0.530. The highest BCUT2D eigenvalue weighted by Crippen LogP contribution is 2.37. The normalized spacial score (nSPS) is 19.3. The molecule has 9 nitrogen and oxygen atoms in total. The highest BCUT2D eigenvalue weighted by molar-refractivity contribution is 5.73. The van der Waals surface area contributed by atoms with Crippen molar-refractivity contribution in [2.45, 2.75) is 51.0 Å². The Bertz CT molecular complexity index is 1580. The van der Waals surface area contributed by atoms with Crippen molar-refractivity contribution >= 4 is 5.91 Å². The average Bonchev–Trinajstić information content (AvgIpc) is 3.49. The van der Waals surface area contributed by atoms with Gasteiger partial charge in [-0.15, -0.1) is 5.10 Å². The first kappa shape index (κ1) is 31.7. The number of rotatable bonds is 9. The number of hydrogen-bond donors (Lipinski definition) is 0. The van der Waals surface area contributed by atoms with Gasteiger partial charge in [-0.3, -0.25) is 14.6 Å². The summed E-state index contributed by atoms with van der Waals surface area (Å²) in [6, 6.07) is 26.5. The van der Waals surface area contributed by atoms with Gasteiger partial charge < -0.3 is 9.64 Å². The number of carbonyl (C=O) groups is 1. The van der Waals surface area contributed by atoms with Crippen molar-refractivity contribution in [2.24, 2.45) is 0 Å². The Kier molecular flexibility index (Phi) is 9.37. The van der Waals surface area contributed by atoms with Gasteiger partial charge in [0.25, 0.3) is 0 Å². The summed E-state index contributed by atoms with van der Waals surface area (Å²) in [4.78, 5) is 19.4. The molecule has 2 saturated heterocycles. The number of aromatic nitrogens is 4. The second-order valence-electron chi connectivity index (χ2n) is 11.9. The maximum Gasteiger partial charge on any atom is 0.396 e. The fraction of sp³-hybridized carbons (Fsp3) is 0.412. The Hall–Kier alpha value is -4.29. The lowest BCUT2D eigenvalue weighted by Crippen LogP contribution is -2.67. The first-order valence-electron chi connectivity index (χ1n) is 15.6. The first-order chi connectivity index (χ1) is 22.2. The van der Waals surface area contributed by atoms with Crippen molar-refractivity contribution in [2.75, 3.05) is 39.3 Å². The highest BCUT2D eigenvalue weighted by Gasteiger charge is 2.43. The number of tetrazole rings is 1.